The highest BCUT2D eigenvalue weighted by Crippen LogP contribution is 2.35. The molecule has 0 saturated carbocycles. The molecule has 2 aromatic carbocycles. The van der Waals surface area contributed by atoms with Crippen molar-refractivity contribution in [2.45, 2.75) is 26.4 Å². The van der Waals surface area contributed by atoms with Gasteiger partial charge in [0.1, 0.15) is 5.82 Å². The predicted octanol–water partition coefficient (Wildman–Crippen LogP) is 5.28. The number of aryl methyl sites for hydroxylation is 1. The van der Waals surface area contributed by atoms with Crippen LogP contribution in [0.1, 0.15) is 22.5 Å². The maximum Gasteiger partial charge on any atom is 0.215 e. The van der Waals surface area contributed by atoms with Gasteiger partial charge in [-0.3, -0.25) is 4.90 Å². The van der Waals surface area contributed by atoms with Gasteiger partial charge in [-0.05, 0) is 53.8 Å². The van der Waals surface area contributed by atoms with Crippen molar-refractivity contribution in [3.63, 3.8) is 0 Å². The molecule has 29 heavy (non-hydrogen) atoms. The normalized spacial score (nSPS) is 14.3. The third-order valence-corrected chi connectivity index (χ3v) is 5.81. The number of halogens is 2. The molecule has 0 spiro atoms. The lowest BCUT2D eigenvalue weighted by Gasteiger charge is -2.30. The van der Waals surface area contributed by atoms with E-state index in [2.05, 4.69) is 50.2 Å². The Hall–Kier alpha value is -2.76. The van der Waals surface area contributed by atoms with Crippen LogP contribution in [0.5, 0.6) is 0 Å². The molecule has 146 valence electrons. The Balaban J connectivity index is 1.45. The zero-order valence-electron chi connectivity index (χ0n) is 16.0. The molecule has 2 aromatic heterocycles. The lowest BCUT2D eigenvalue weighted by atomic mass is 9.91. The van der Waals surface area contributed by atoms with Gasteiger partial charge in [-0.15, -0.1) is 0 Å². The van der Waals surface area contributed by atoms with Crippen molar-refractivity contribution in [3.8, 4) is 11.1 Å². The van der Waals surface area contributed by atoms with Gasteiger partial charge in [0.25, 0.3) is 0 Å². The van der Waals surface area contributed by atoms with Crippen LogP contribution in [-0.2, 0) is 19.5 Å². The molecule has 1 aliphatic rings. The molecule has 0 aliphatic carbocycles. The smallest absolute Gasteiger partial charge is 0.215 e. The first kappa shape index (κ1) is 18.3. The number of H-pyrrole nitrogens is 1. The summed E-state index contributed by atoms with van der Waals surface area (Å²) in [5.41, 5.74) is 7.26. The molecule has 4 nitrogen and oxygen atoms in total. The minimum atomic E-state index is -0.512. The number of imidazole rings is 1. The van der Waals surface area contributed by atoms with Crippen LogP contribution in [0.25, 0.3) is 22.3 Å². The van der Waals surface area contributed by atoms with Crippen LogP contribution in [0.3, 0.4) is 0 Å². The van der Waals surface area contributed by atoms with E-state index in [4.69, 9.17) is 11.6 Å². The van der Waals surface area contributed by atoms with E-state index >= 15 is 0 Å². The van der Waals surface area contributed by atoms with Crippen molar-refractivity contribution >= 4 is 22.8 Å². The lowest BCUT2D eigenvalue weighted by molar-refractivity contribution is 0.241. The van der Waals surface area contributed by atoms with E-state index in [0.29, 0.717) is 12.2 Å². The Morgan fingerprint density at radius 3 is 2.86 bits per heavy atom. The zero-order valence-corrected chi connectivity index (χ0v) is 16.8. The fraction of sp³-hybridized carbons (Fsp3) is 0.217. The first-order chi connectivity index (χ1) is 14.1. The number of pyridine rings is 1. The number of fused-ring (bicyclic) bond motifs is 2. The van der Waals surface area contributed by atoms with Gasteiger partial charge in [-0.25, -0.2) is 4.98 Å². The molecule has 0 saturated heterocycles. The minimum absolute atomic E-state index is 0.421. The van der Waals surface area contributed by atoms with Crippen molar-refractivity contribution in [2.24, 2.45) is 0 Å². The van der Waals surface area contributed by atoms with Gasteiger partial charge >= 0.3 is 0 Å². The van der Waals surface area contributed by atoms with Crippen molar-refractivity contribution in [2.75, 3.05) is 6.54 Å². The molecule has 0 fully saturated rings. The van der Waals surface area contributed by atoms with Crippen molar-refractivity contribution < 1.29 is 4.39 Å². The molecule has 3 heterocycles. The Morgan fingerprint density at radius 1 is 1.10 bits per heavy atom. The van der Waals surface area contributed by atoms with Crippen LogP contribution in [0.2, 0.25) is 5.02 Å². The van der Waals surface area contributed by atoms with E-state index in [0.717, 1.165) is 47.0 Å². The van der Waals surface area contributed by atoms with Gasteiger partial charge in [0.05, 0.1) is 12.1 Å². The van der Waals surface area contributed by atoms with Crippen LogP contribution in [0, 0.1) is 12.9 Å². The quantitative estimate of drug-likeness (QED) is 0.470. The zero-order chi connectivity index (χ0) is 20.0. The number of hydrogen-bond acceptors (Lipinski definition) is 3. The van der Waals surface area contributed by atoms with E-state index < -0.39 is 5.95 Å². The van der Waals surface area contributed by atoms with Gasteiger partial charge in [0, 0.05) is 23.7 Å². The highest BCUT2D eigenvalue weighted by atomic mass is 35.5. The average molecular weight is 407 g/mol. The van der Waals surface area contributed by atoms with E-state index in [1.165, 1.54) is 22.8 Å². The molecule has 0 atom stereocenters. The summed E-state index contributed by atoms with van der Waals surface area (Å²) >= 11 is 6.56. The second kappa shape index (κ2) is 7.25. The number of aromatic nitrogens is 3. The van der Waals surface area contributed by atoms with Crippen LogP contribution in [-0.4, -0.2) is 26.4 Å². The number of nitrogens with zero attached hydrogens (tertiary/aromatic N) is 3. The molecule has 1 aliphatic heterocycles. The predicted molar refractivity (Wildman–Crippen MR) is 113 cm³/mol. The SMILES string of the molecule is Cc1ccc(-c2cccc3c2CN(Cc2nc4nc(F)ccc4[nH]2)CC3)c(Cl)c1. The first-order valence-electron chi connectivity index (χ1n) is 9.67. The number of rotatable bonds is 3. The third kappa shape index (κ3) is 3.52. The number of aromatic amines is 1. The van der Waals surface area contributed by atoms with Crippen LogP contribution < -0.4 is 0 Å². The molecule has 5 rings (SSSR count). The summed E-state index contributed by atoms with van der Waals surface area (Å²) in [6.45, 7) is 4.46. The highest BCUT2D eigenvalue weighted by molar-refractivity contribution is 6.33. The van der Waals surface area contributed by atoms with Crippen LogP contribution in [0.4, 0.5) is 4.39 Å². The Morgan fingerprint density at radius 2 is 2.00 bits per heavy atom. The van der Waals surface area contributed by atoms with Crippen molar-refractivity contribution in [3.05, 3.63) is 82.0 Å². The van der Waals surface area contributed by atoms with Gasteiger partial charge in [-0.1, -0.05) is 41.9 Å². The van der Waals surface area contributed by atoms with E-state index in [9.17, 15) is 4.39 Å². The lowest BCUT2D eigenvalue weighted by Crippen LogP contribution is -2.30. The fourth-order valence-corrected chi connectivity index (χ4v) is 4.41. The van der Waals surface area contributed by atoms with E-state index in [1.54, 1.807) is 6.07 Å². The summed E-state index contributed by atoms with van der Waals surface area (Å²) in [5, 5.41) is 0.779. The number of nitrogens with one attached hydrogen (secondary N) is 1. The molecule has 0 radical (unpaired) electrons. The number of hydrogen-bond donors (Lipinski definition) is 1. The fourth-order valence-electron chi connectivity index (χ4n) is 4.07. The molecule has 4 aromatic rings. The third-order valence-electron chi connectivity index (χ3n) is 5.50. The molecule has 0 unspecified atom stereocenters. The summed E-state index contributed by atoms with van der Waals surface area (Å²) in [5.74, 6) is 0.287. The maximum atomic E-state index is 13.3. The average Bonchev–Trinajstić information content (AvgIpc) is 3.09. The first-order valence-corrected chi connectivity index (χ1v) is 10.1. The molecule has 0 bridgehead atoms. The molecule has 6 heteroatoms. The molecular weight excluding hydrogens is 387 g/mol. The van der Waals surface area contributed by atoms with E-state index in [1.807, 2.05) is 13.0 Å². The topological polar surface area (TPSA) is 44.8 Å². The Bertz CT molecular complexity index is 1220. The van der Waals surface area contributed by atoms with E-state index in [-0.39, 0.29) is 0 Å². The standard InChI is InChI=1S/C23H20ClFN4/c1-14-5-6-17(19(24)11-14)16-4-2-3-15-9-10-29(12-18(15)16)13-22-26-20-7-8-21(25)27-23(20)28-22/h2-8,11H,9-10,12-13H2,1H3,(H,26,27,28). The summed E-state index contributed by atoms with van der Waals surface area (Å²) in [6.07, 6.45) is 0.972. The van der Waals surface area contributed by atoms with Gasteiger partial charge in [0.15, 0.2) is 5.65 Å². The molecule has 0 amide bonds. The summed E-state index contributed by atoms with van der Waals surface area (Å²) < 4.78 is 13.3. The molecular formula is C23H20ClFN4. The largest absolute Gasteiger partial charge is 0.340 e. The summed E-state index contributed by atoms with van der Waals surface area (Å²) in [4.78, 5) is 13.9. The maximum absolute atomic E-state index is 13.3. The molecule has 1 N–H and O–H groups in total. The van der Waals surface area contributed by atoms with Crippen LogP contribution >= 0.6 is 11.6 Å². The van der Waals surface area contributed by atoms with Crippen molar-refractivity contribution in [1.29, 1.82) is 0 Å². The Kier molecular flexibility index (Phi) is 4.57. The minimum Gasteiger partial charge on any atom is -0.340 e. The Labute approximate surface area is 173 Å². The monoisotopic (exact) mass is 406 g/mol. The van der Waals surface area contributed by atoms with Gasteiger partial charge in [0.2, 0.25) is 5.95 Å². The van der Waals surface area contributed by atoms with Gasteiger partial charge in [-0.2, -0.15) is 9.37 Å². The summed E-state index contributed by atoms with van der Waals surface area (Å²) in [7, 11) is 0. The second-order valence-corrected chi connectivity index (χ2v) is 7.98. The van der Waals surface area contributed by atoms with Crippen LogP contribution in [0.15, 0.2) is 48.5 Å². The number of benzene rings is 2. The van der Waals surface area contributed by atoms with Crippen molar-refractivity contribution in [1.82, 2.24) is 19.9 Å². The second-order valence-electron chi connectivity index (χ2n) is 7.58. The summed E-state index contributed by atoms with van der Waals surface area (Å²) in [6, 6.07) is 15.7. The highest BCUT2D eigenvalue weighted by Gasteiger charge is 2.21. The van der Waals surface area contributed by atoms with Gasteiger partial charge < -0.3 is 4.98 Å².